The van der Waals surface area contributed by atoms with Crippen LogP contribution in [-0.2, 0) is 9.53 Å². The zero-order valence-electron chi connectivity index (χ0n) is 11.2. The van der Waals surface area contributed by atoms with Crippen molar-refractivity contribution in [1.29, 1.82) is 0 Å². The smallest absolute Gasteiger partial charge is 0.123 e. The Bertz CT molecular complexity index is 390. The SMILES string of the molecule is CC1=C(C(C)C)C2=C[C@@](C)(CC=O)O[C@H]2CC1. The van der Waals surface area contributed by atoms with Gasteiger partial charge in [0.2, 0.25) is 0 Å². The number of fused-ring (bicyclic) bond motifs is 1. The summed E-state index contributed by atoms with van der Waals surface area (Å²) in [5.41, 5.74) is 3.90. The zero-order valence-corrected chi connectivity index (χ0v) is 11.2. The number of rotatable bonds is 3. The van der Waals surface area contributed by atoms with Crippen molar-refractivity contribution in [3.8, 4) is 0 Å². The van der Waals surface area contributed by atoms with Crippen LogP contribution in [0.25, 0.3) is 0 Å². The molecule has 0 spiro atoms. The normalized spacial score (nSPS) is 32.8. The Morgan fingerprint density at radius 2 is 2.29 bits per heavy atom. The first kappa shape index (κ1) is 12.6. The molecule has 2 atom stereocenters. The predicted octanol–water partition coefficient (Wildman–Crippen LogP) is 3.43. The lowest BCUT2D eigenvalue weighted by Gasteiger charge is -2.29. The standard InChI is InChI=1S/C15H22O2/c1-10(2)14-11(3)5-6-13-12(14)9-15(4,17-13)7-8-16/h8-10,13H,5-7H2,1-4H3/t13-,15+/m0/s1. The van der Waals surface area contributed by atoms with Crippen molar-refractivity contribution >= 4 is 6.29 Å². The maximum Gasteiger partial charge on any atom is 0.123 e. The first-order chi connectivity index (χ1) is 7.97. The molecule has 0 aromatic carbocycles. The molecule has 0 aromatic heterocycles. The van der Waals surface area contributed by atoms with Crippen LogP contribution in [0, 0.1) is 5.92 Å². The highest BCUT2D eigenvalue weighted by molar-refractivity contribution is 5.55. The third kappa shape index (κ3) is 2.23. The Labute approximate surface area is 104 Å². The van der Waals surface area contributed by atoms with Gasteiger partial charge in [-0.1, -0.05) is 19.4 Å². The van der Waals surface area contributed by atoms with Crippen LogP contribution < -0.4 is 0 Å². The molecule has 2 rings (SSSR count). The van der Waals surface area contributed by atoms with E-state index in [-0.39, 0.29) is 11.7 Å². The Morgan fingerprint density at radius 1 is 1.59 bits per heavy atom. The van der Waals surface area contributed by atoms with E-state index in [0.29, 0.717) is 12.3 Å². The van der Waals surface area contributed by atoms with Gasteiger partial charge in [0.05, 0.1) is 11.7 Å². The molecule has 0 fully saturated rings. The van der Waals surface area contributed by atoms with Crippen molar-refractivity contribution in [3.63, 3.8) is 0 Å². The van der Waals surface area contributed by atoms with Crippen LogP contribution in [0.3, 0.4) is 0 Å². The molecule has 2 nitrogen and oxygen atoms in total. The molecule has 94 valence electrons. The number of ether oxygens (including phenoxy) is 1. The summed E-state index contributed by atoms with van der Waals surface area (Å²) >= 11 is 0. The highest BCUT2D eigenvalue weighted by Gasteiger charge is 2.39. The van der Waals surface area contributed by atoms with E-state index in [1.54, 1.807) is 0 Å². The number of aldehydes is 1. The quantitative estimate of drug-likeness (QED) is 0.699. The topological polar surface area (TPSA) is 26.3 Å². The van der Waals surface area contributed by atoms with E-state index in [2.05, 4.69) is 26.8 Å². The van der Waals surface area contributed by atoms with Crippen LogP contribution in [-0.4, -0.2) is 18.0 Å². The molecule has 0 unspecified atom stereocenters. The average Bonchev–Trinajstić information content (AvgIpc) is 2.53. The van der Waals surface area contributed by atoms with Gasteiger partial charge in [0.25, 0.3) is 0 Å². The molecule has 0 amide bonds. The van der Waals surface area contributed by atoms with Crippen molar-refractivity contribution in [3.05, 3.63) is 22.8 Å². The second-order valence-electron chi connectivity index (χ2n) is 5.78. The summed E-state index contributed by atoms with van der Waals surface area (Å²) in [6.45, 7) is 8.71. The molecule has 0 saturated heterocycles. The van der Waals surface area contributed by atoms with Crippen LogP contribution in [0.2, 0.25) is 0 Å². The fourth-order valence-electron chi connectivity index (χ4n) is 3.14. The minimum Gasteiger partial charge on any atom is -0.363 e. The molecular weight excluding hydrogens is 212 g/mol. The zero-order chi connectivity index (χ0) is 12.6. The maximum atomic E-state index is 10.7. The fourth-order valence-corrected chi connectivity index (χ4v) is 3.14. The van der Waals surface area contributed by atoms with Gasteiger partial charge in [-0.05, 0) is 49.8 Å². The van der Waals surface area contributed by atoms with Crippen molar-refractivity contribution in [2.45, 2.75) is 58.7 Å². The molecule has 0 saturated carbocycles. The summed E-state index contributed by atoms with van der Waals surface area (Å²) in [4.78, 5) is 10.7. The van der Waals surface area contributed by atoms with Gasteiger partial charge in [0.15, 0.2) is 0 Å². The predicted molar refractivity (Wildman–Crippen MR) is 68.8 cm³/mol. The molecule has 0 bridgehead atoms. The lowest BCUT2D eigenvalue weighted by Crippen LogP contribution is -2.27. The molecule has 0 N–H and O–H groups in total. The summed E-state index contributed by atoms with van der Waals surface area (Å²) in [7, 11) is 0. The largest absolute Gasteiger partial charge is 0.363 e. The highest BCUT2D eigenvalue weighted by Crippen LogP contribution is 2.43. The van der Waals surface area contributed by atoms with Crippen molar-refractivity contribution < 1.29 is 9.53 Å². The van der Waals surface area contributed by atoms with E-state index in [9.17, 15) is 4.79 Å². The van der Waals surface area contributed by atoms with E-state index in [0.717, 1.165) is 19.1 Å². The van der Waals surface area contributed by atoms with Crippen molar-refractivity contribution in [1.82, 2.24) is 0 Å². The molecule has 2 aliphatic rings. The Morgan fingerprint density at radius 3 is 2.88 bits per heavy atom. The summed E-state index contributed by atoms with van der Waals surface area (Å²) < 4.78 is 6.06. The Hall–Kier alpha value is -0.890. The van der Waals surface area contributed by atoms with Gasteiger partial charge in [-0.3, -0.25) is 0 Å². The second kappa shape index (κ2) is 4.41. The van der Waals surface area contributed by atoms with Gasteiger partial charge in [-0.2, -0.15) is 0 Å². The van der Waals surface area contributed by atoms with Crippen molar-refractivity contribution in [2.24, 2.45) is 5.92 Å². The monoisotopic (exact) mass is 234 g/mol. The second-order valence-corrected chi connectivity index (χ2v) is 5.78. The first-order valence-corrected chi connectivity index (χ1v) is 6.51. The van der Waals surface area contributed by atoms with Crippen molar-refractivity contribution in [2.75, 3.05) is 0 Å². The lowest BCUT2D eigenvalue weighted by molar-refractivity contribution is -0.113. The van der Waals surface area contributed by atoms with Gasteiger partial charge in [-0.25, -0.2) is 0 Å². The third-order valence-electron chi connectivity index (χ3n) is 3.84. The Balaban J connectivity index is 2.37. The maximum absolute atomic E-state index is 10.7. The minimum atomic E-state index is -0.382. The number of hydrogen-bond acceptors (Lipinski definition) is 2. The van der Waals surface area contributed by atoms with Gasteiger partial charge >= 0.3 is 0 Å². The van der Waals surface area contributed by atoms with E-state index in [4.69, 9.17) is 4.74 Å². The van der Waals surface area contributed by atoms with E-state index < -0.39 is 0 Å². The first-order valence-electron chi connectivity index (χ1n) is 6.51. The molecule has 0 aromatic rings. The van der Waals surface area contributed by atoms with E-state index in [1.165, 1.54) is 16.7 Å². The summed E-state index contributed by atoms with van der Waals surface area (Å²) in [6, 6.07) is 0. The van der Waals surface area contributed by atoms with Gasteiger partial charge < -0.3 is 9.53 Å². The molecule has 1 heterocycles. The summed E-state index contributed by atoms with van der Waals surface area (Å²) in [5, 5.41) is 0. The highest BCUT2D eigenvalue weighted by atomic mass is 16.5. The van der Waals surface area contributed by atoms with Crippen LogP contribution in [0.5, 0.6) is 0 Å². The van der Waals surface area contributed by atoms with E-state index >= 15 is 0 Å². The molecular formula is C15H22O2. The molecule has 2 heteroatoms. The van der Waals surface area contributed by atoms with Crippen LogP contribution in [0.4, 0.5) is 0 Å². The van der Waals surface area contributed by atoms with Crippen LogP contribution in [0.15, 0.2) is 22.8 Å². The van der Waals surface area contributed by atoms with Gasteiger partial charge in [0.1, 0.15) is 6.29 Å². The number of carbonyl (C=O) groups is 1. The fraction of sp³-hybridized carbons (Fsp3) is 0.667. The molecule has 0 radical (unpaired) electrons. The van der Waals surface area contributed by atoms with E-state index in [1.807, 2.05) is 6.92 Å². The number of allylic oxidation sites excluding steroid dienone is 1. The number of carbonyl (C=O) groups excluding carboxylic acids is 1. The summed E-state index contributed by atoms with van der Waals surface area (Å²) in [5.74, 6) is 0.534. The average molecular weight is 234 g/mol. The minimum absolute atomic E-state index is 0.209. The van der Waals surface area contributed by atoms with Crippen LogP contribution >= 0.6 is 0 Å². The molecule has 1 aliphatic carbocycles. The van der Waals surface area contributed by atoms with Gasteiger partial charge in [0, 0.05) is 6.42 Å². The lowest BCUT2D eigenvalue weighted by atomic mass is 9.80. The molecule has 1 aliphatic heterocycles. The molecule has 17 heavy (non-hydrogen) atoms. The summed E-state index contributed by atoms with van der Waals surface area (Å²) in [6.07, 6.45) is 5.98. The Kier molecular flexibility index (Phi) is 3.26. The van der Waals surface area contributed by atoms with Gasteiger partial charge in [-0.15, -0.1) is 0 Å². The third-order valence-corrected chi connectivity index (χ3v) is 3.84. The van der Waals surface area contributed by atoms with Crippen LogP contribution in [0.1, 0.15) is 47.0 Å². The number of hydrogen-bond donors (Lipinski definition) is 0.